The molecule has 0 aromatic heterocycles. The monoisotopic (exact) mass is 121 g/mol. The summed E-state index contributed by atoms with van der Waals surface area (Å²) in [5, 5.41) is 11.6. The summed E-state index contributed by atoms with van der Waals surface area (Å²) >= 11 is 5.54. The lowest BCUT2D eigenvalue weighted by Crippen LogP contribution is -2.15. The summed E-state index contributed by atoms with van der Waals surface area (Å²) in [6, 6.07) is 0. The summed E-state index contributed by atoms with van der Waals surface area (Å²) < 4.78 is 0. The molecule has 7 heavy (non-hydrogen) atoms. The predicted octanol–water partition coefficient (Wildman–Crippen LogP) is -0.0945. The number of β-amino-alcohol motifs (C(OH)–C–C–N with tert-alkyl or cyclic N) is 1. The van der Waals surface area contributed by atoms with E-state index in [2.05, 4.69) is 5.32 Å². The average Bonchev–Trinajstić information content (AvgIpc) is 1.87. The Kier molecular flexibility index (Phi) is 1.52. The summed E-state index contributed by atoms with van der Waals surface area (Å²) in [6.45, 7) is 0.647. The smallest absolute Gasteiger partial charge is 0.0851 e. The molecule has 0 aromatic rings. The van der Waals surface area contributed by atoms with E-state index < -0.39 is 0 Å². The largest absolute Gasteiger partial charge is 0.392 e. The van der Waals surface area contributed by atoms with Gasteiger partial charge in [-0.2, -0.15) is 0 Å². The van der Waals surface area contributed by atoms with Crippen molar-refractivity contribution < 1.29 is 5.11 Å². The summed E-state index contributed by atoms with van der Waals surface area (Å²) in [5.41, 5.74) is -0.00463. The number of alkyl halides is 1. The van der Waals surface area contributed by atoms with Crippen molar-refractivity contribution in [3.8, 4) is 0 Å². The Morgan fingerprint density at radius 2 is 2.43 bits per heavy atom. The van der Waals surface area contributed by atoms with Gasteiger partial charge >= 0.3 is 0 Å². The summed E-state index contributed by atoms with van der Waals surface area (Å²) in [7, 11) is 0. The predicted molar refractivity (Wildman–Crippen MR) is 28.3 cm³/mol. The van der Waals surface area contributed by atoms with E-state index in [1.807, 2.05) is 0 Å². The number of hydrogen-bond acceptors (Lipinski definition) is 2. The van der Waals surface area contributed by atoms with Crippen molar-refractivity contribution in [1.29, 1.82) is 0 Å². The molecule has 0 saturated carbocycles. The zero-order valence-corrected chi connectivity index (χ0v) is 4.65. The highest BCUT2D eigenvalue weighted by atomic mass is 35.5. The summed E-state index contributed by atoms with van der Waals surface area (Å²) in [6.07, 6.45) is 0.462. The fraction of sp³-hybridized carbons (Fsp3) is 1.00. The van der Waals surface area contributed by atoms with E-state index in [-0.39, 0.29) is 11.6 Å². The molecule has 1 fully saturated rings. The first kappa shape index (κ1) is 5.35. The van der Waals surface area contributed by atoms with E-state index in [1.165, 1.54) is 0 Å². The molecule has 2 nitrogen and oxygen atoms in total. The van der Waals surface area contributed by atoms with E-state index >= 15 is 0 Å². The molecule has 0 bridgehead atoms. The molecule has 0 aliphatic carbocycles. The Balaban J connectivity index is 2.26. The van der Waals surface area contributed by atoms with E-state index in [0.29, 0.717) is 13.0 Å². The van der Waals surface area contributed by atoms with Gasteiger partial charge in [0.1, 0.15) is 0 Å². The minimum atomic E-state index is -0.220. The lowest BCUT2D eigenvalue weighted by atomic mass is 10.3. The molecule has 1 saturated heterocycles. The molecule has 1 heterocycles. The maximum absolute atomic E-state index is 8.75. The van der Waals surface area contributed by atoms with Gasteiger partial charge in [0.2, 0.25) is 0 Å². The molecule has 2 N–H and O–H groups in total. The van der Waals surface area contributed by atoms with Crippen LogP contribution in [0.5, 0.6) is 0 Å². The van der Waals surface area contributed by atoms with Crippen molar-refractivity contribution in [3.05, 3.63) is 0 Å². The Hall–Kier alpha value is 0.210. The van der Waals surface area contributed by atoms with Gasteiger partial charge in [0.25, 0.3) is 0 Å². The van der Waals surface area contributed by atoms with Crippen molar-refractivity contribution in [1.82, 2.24) is 5.32 Å². The van der Waals surface area contributed by atoms with Crippen molar-refractivity contribution >= 4 is 11.6 Å². The second kappa shape index (κ2) is 1.99. The van der Waals surface area contributed by atoms with Crippen LogP contribution in [0.25, 0.3) is 0 Å². The van der Waals surface area contributed by atoms with Crippen molar-refractivity contribution in [2.75, 3.05) is 6.54 Å². The van der Waals surface area contributed by atoms with E-state index in [0.717, 1.165) is 0 Å². The number of nitrogens with one attached hydrogen (secondary N) is 1. The van der Waals surface area contributed by atoms with Crippen LogP contribution in [0.4, 0.5) is 0 Å². The SMILES string of the molecule is O[C@@H]1CNC(Cl)C1. The van der Waals surface area contributed by atoms with Gasteiger partial charge in [-0.3, -0.25) is 5.32 Å². The molecule has 0 aromatic carbocycles. The fourth-order valence-corrected chi connectivity index (χ4v) is 0.964. The molecule has 1 unspecified atom stereocenters. The van der Waals surface area contributed by atoms with Crippen LogP contribution in [0.2, 0.25) is 0 Å². The second-order valence-electron chi connectivity index (χ2n) is 1.77. The number of aliphatic hydroxyl groups excluding tert-OH is 1. The lowest BCUT2D eigenvalue weighted by Gasteiger charge is -1.92. The highest BCUT2D eigenvalue weighted by molar-refractivity contribution is 6.20. The molecule has 0 radical (unpaired) electrons. The molecule has 0 amide bonds. The molecule has 2 atom stereocenters. The number of aliphatic hydroxyl groups is 1. The molecule has 1 rings (SSSR count). The first-order valence-electron chi connectivity index (χ1n) is 2.34. The summed E-state index contributed by atoms with van der Waals surface area (Å²) in [5.74, 6) is 0. The van der Waals surface area contributed by atoms with Gasteiger partial charge in [0.05, 0.1) is 11.6 Å². The standard InChI is InChI=1S/C4H8ClNO/c5-4-1-3(7)2-6-4/h3-4,6-7H,1-2H2/t3-,4?/m0/s1. The molecule has 3 heteroatoms. The minimum absolute atomic E-state index is 0.00463. The lowest BCUT2D eigenvalue weighted by molar-refractivity contribution is 0.195. The Bertz CT molecular complexity index is 60.7. The van der Waals surface area contributed by atoms with Gasteiger partial charge in [-0.15, -0.1) is 11.6 Å². The van der Waals surface area contributed by atoms with Crippen LogP contribution in [0.15, 0.2) is 0 Å². The number of halogens is 1. The molecule has 1 aliphatic heterocycles. The van der Waals surface area contributed by atoms with Crippen molar-refractivity contribution in [3.63, 3.8) is 0 Å². The van der Waals surface area contributed by atoms with Gasteiger partial charge in [0, 0.05) is 13.0 Å². The molecule has 1 aliphatic rings. The van der Waals surface area contributed by atoms with Gasteiger partial charge in [0.15, 0.2) is 0 Å². The third kappa shape index (κ3) is 1.30. The summed E-state index contributed by atoms with van der Waals surface area (Å²) in [4.78, 5) is 0. The second-order valence-corrected chi connectivity index (χ2v) is 2.29. The Morgan fingerprint density at radius 1 is 1.71 bits per heavy atom. The van der Waals surface area contributed by atoms with Gasteiger partial charge < -0.3 is 5.11 Å². The molecular weight excluding hydrogens is 114 g/mol. The minimum Gasteiger partial charge on any atom is -0.392 e. The molecule has 42 valence electrons. The zero-order chi connectivity index (χ0) is 5.28. The van der Waals surface area contributed by atoms with E-state index in [4.69, 9.17) is 16.7 Å². The maximum atomic E-state index is 8.75. The zero-order valence-electron chi connectivity index (χ0n) is 3.89. The third-order valence-corrected chi connectivity index (χ3v) is 1.39. The van der Waals surface area contributed by atoms with Crippen LogP contribution in [0, 0.1) is 0 Å². The van der Waals surface area contributed by atoms with Crippen LogP contribution in [-0.4, -0.2) is 23.3 Å². The Labute approximate surface area is 47.5 Å². The van der Waals surface area contributed by atoms with Crippen LogP contribution in [-0.2, 0) is 0 Å². The van der Waals surface area contributed by atoms with Crippen LogP contribution in [0.3, 0.4) is 0 Å². The van der Waals surface area contributed by atoms with Crippen LogP contribution in [0.1, 0.15) is 6.42 Å². The van der Waals surface area contributed by atoms with Gasteiger partial charge in [-0.1, -0.05) is 0 Å². The third-order valence-electron chi connectivity index (χ3n) is 1.05. The highest BCUT2D eigenvalue weighted by Crippen LogP contribution is 2.08. The normalized spacial score (nSPS) is 42.0. The van der Waals surface area contributed by atoms with Gasteiger partial charge in [-0.25, -0.2) is 0 Å². The Morgan fingerprint density at radius 3 is 2.57 bits per heavy atom. The van der Waals surface area contributed by atoms with Crippen molar-refractivity contribution in [2.24, 2.45) is 0 Å². The first-order chi connectivity index (χ1) is 3.29. The maximum Gasteiger partial charge on any atom is 0.0851 e. The quantitative estimate of drug-likeness (QED) is 0.347. The van der Waals surface area contributed by atoms with E-state index in [9.17, 15) is 0 Å². The van der Waals surface area contributed by atoms with Crippen molar-refractivity contribution in [2.45, 2.75) is 18.0 Å². The van der Waals surface area contributed by atoms with Gasteiger partial charge in [-0.05, 0) is 0 Å². The first-order valence-corrected chi connectivity index (χ1v) is 2.78. The topological polar surface area (TPSA) is 32.3 Å². The molecular formula is C4H8ClNO. The van der Waals surface area contributed by atoms with Crippen LogP contribution < -0.4 is 5.32 Å². The fourth-order valence-electron chi connectivity index (χ4n) is 0.669. The highest BCUT2D eigenvalue weighted by Gasteiger charge is 2.18. The van der Waals surface area contributed by atoms with Crippen LogP contribution >= 0.6 is 11.6 Å². The number of rotatable bonds is 0. The number of hydrogen-bond donors (Lipinski definition) is 2. The molecule has 0 spiro atoms. The van der Waals surface area contributed by atoms with E-state index in [1.54, 1.807) is 0 Å². The average molecular weight is 122 g/mol.